The van der Waals surface area contributed by atoms with Crippen LogP contribution in [0.3, 0.4) is 0 Å². The van der Waals surface area contributed by atoms with E-state index in [2.05, 4.69) is 5.43 Å². The molecular weight excluding hydrogens is 349 g/mol. The molecule has 0 radical (unpaired) electrons. The highest BCUT2D eigenvalue weighted by molar-refractivity contribution is 6.00. The SMILES string of the molecule is O=C(Nn1c(O)c2c(c1O)C1CC=C2CC1)c1ccc(C(F)(F)F)cc1. The van der Waals surface area contributed by atoms with E-state index in [9.17, 15) is 28.2 Å². The lowest BCUT2D eigenvalue weighted by Crippen LogP contribution is -2.22. The van der Waals surface area contributed by atoms with E-state index in [-0.39, 0.29) is 23.2 Å². The summed E-state index contributed by atoms with van der Waals surface area (Å²) in [5, 5.41) is 20.9. The van der Waals surface area contributed by atoms with Crippen LogP contribution in [0.5, 0.6) is 11.8 Å². The summed E-state index contributed by atoms with van der Waals surface area (Å²) in [5.74, 6) is -1.17. The van der Waals surface area contributed by atoms with Gasteiger partial charge in [-0.15, -0.1) is 0 Å². The van der Waals surface area contributed by atoms with Crippen LogP contribution < -0.4 is 5.43 Å². The topological polar surface area (TPSA) is 74.5 Å². The molecule has 3 aliphatic carbocycles. The van der Waals surface area contributed by atoms with E-state index in [0.29, 0.717) is 11.1 Å². The van der Waals surface area contributed by atoms with Gasteiger partial charge >= 0.3 is 6.18 Å². The molecule has 0 spiro atoms. The average molecular weight is 364 g/mol. The summed E-state index contributed by atoms with van der Waals surface area (Å²) in [6.45, 7) is 0. The van der Waals surface area contributed by atoms with Crippen LogP contribution in [0.15, 0.2) is 30.3 Å². The first-order valence-corrected chi connectivity index (χ1v) is 8.12. The third-order valence-electron chi connectivity index (χ3n) is 4.99. The van der Waals surface area contributed by atoms with Crippen molar-refractivity contribution in [2.75, 3.05) is 5.43 Å². The Morgan fingerprint density at radius 1 is 1.15 bits per heavy atom. The number of alkyl halides is 3. The first-order chi connectivity index (χ1) is 12.3. The second kappa shape index (κ2) is 5.55. The predicted molar refractivity (Wildman–Crippen MR) is 87.5 cm³/mol. The Hall–Kier alpha value is -2.90. The molecule has 2 aromatic rings. The molecule has 0 saturated heterocycles. The van der Waals surface area contributed by atoms with E-state index in [0.717, 1.165) is 53.8 Å². The second-order valence-corrected chi connectivity index (χ2v) is 6.49. The quantitative estimate of drug-likeness (QED) is 0.755. The van der Waals surface area contributed by atoms with Crippen molar-refractivity contribution in [2.24, 2.45) is 0 Å². The number of rotatable bonds is 2. The predicted octanol–water partition coefficient (Wildman–Crippen LogP) is 3.97. The summed E-state index contributed by atoms with van der Waals surface area (Å²) in [4.78, 5) is 12.3. The number of hydrogen-bond acceptors (Lipinski definition) is 3. The van der Waals surface area contributed by atoms with E-state index in [1.807, 2.05) is 6.08 Å². The Labute approximate surface area is 146 Å². The van der Waals surface area contributed by atoms with Gasteiger partial charge in [0.05, 0.1) is 5.56 Å². The van der Waals surface area contributed by atoms with Crippen molar-refractivity contribution in [1.29, 1.82) is 0 Å². The van der Waals surface area contributed by atoms with Crippen molar-refractivity contribution < 1.29 is 28.2 Å². The van der Waals surface area contributed by atoms with Crippen LogP contribution in [0.4, 0.5) is 13.2 Å². The Balaban J connectivity index is 1.64. The fourth-order valence-corrected chi connectivity index (χ4v) is 3.67. The number of carbonyl (C=O) groups excluding carboxylic acids is 1. The Morgan fingerprint density at radius 2 is 1.85 bits per heavy atom. The van der Waals surface area contributed by atoms with Gasteiger partial charge in [-0.05, 0) is 55.0 Å². The third-order valence-corrected chi connectivity index (χ3v) is 4.99. The smallest absolute Gasteiger partial charge is 0.416 e. The van der Waals surface area contributed by atoms with Crippen LogP contribution in [0.2, 0.25) is 0 Å². The van der Waals surface area contributed by atoms with Gasteiger partial charge < -0.3 is 10.2 Å². The summed E-state index contributed by atoms with van der Waals surface area (Å²) in [6.07, 6.45) is -0.0495. The molecule has 1 heterocycles. The Morgan fingerprint density at radius 3 is 2.38 bits per heavy atom. The minimum atomic E-state index is -4.49. The molecule has 0 aliphatic heterocycles. The summed E-state index contributed by atoms with van der Waals surface area (Å²) in [5.41, 5.74) is 3.54. The van der Waals surface area contributed by atoms with Crippen molar-refractivity contribution in [2.45, 2.75) is 31.4 Å². The lowest BCUT2D eigenvalue weighted by Gasteiger charge is -2.28. The van der Waals surface area contributed by atoms with Crippen LogP contribution >= 0.6 is 0 Å². The van der Waals surface area contributed by atoms with Crippen LogP contribution in [-0.4, -0.2) is 20.8 Å². The van der Waals surface area contributed by atoms with E-state index >= 15 is 0 Å². The molecule has 2 bridgehead atoms. The molecule has 3 aliphatic rings. The number of hydrogen-bond donors (Lipinski definition) is 3. The molecule has 1 aromatic carbocycles. The maximum Gasteiger partial charge on any atom is 0.416 e. The standard InChI is InChI=1S/C18H15F3N2O3/c19-18(20,21)12-7-5-11(6-8-12)15(24)22-23-16(25)13-9-1-2-10(4-3-9)14(13)17(23)26/h1,5-8,10,25-26H,2-4H2,(H,22,24). The number of aromatic nitrogens is 1. The molecule has 0 saturated carbocycles. The van der Waals surface area contributed by atoms with Gasteiger partial charge in [-0.2, -0.15) is 17.8 Å². The fraction of sp³-hybridized carbons (Fsp3) is 0.278. The van der Waals surface area contributed by atoms with E-state index < -0.39 is 17.6 Å². The number of nitrogens with one attached hydrogen (secondary N) is 1. The van der Waals surface area contributed by atoms with Crippen molar-refractivity contribution in [1.82, 2.24) is 4.68 Å². The van der Waals surface area contributed by atoms with Gasteiger partial charge in [0, 0.05) is 16.7 Å². The molecule has 5 rings (SSSR count). The van der Waals surface area contributed by atoms with Crippen molar-refractivity contribution in [3.8, 4) is 11.8 Å². The van der Waals surface area contributed by atoms with Crippen molar-refractivity contribution in [3.63, 3.8) is 0 Å². The van der Waals surface area contributed by atoms with Gasteiger partial charge in [-0.3, -0.25) is 10.2 Å². The molecule has 136 valence electrons. The van der Waals surface area contributed by atoms with Crippen LogP contribution in [0, 0.1) is 0 Å². The molecule has 26 heavy (non-hydrogen) atoms. The van der Waals surface area contributed by atoms with Gasteiger partial charge in [0.15, 0.2) is 0 Å². The van der Waals surface area contributed by atoms with Gasteiger partial charge in [-0.1, -0.05) is 6.08 Å². The molecule has 1 aromatic heterocycles. The zero-order valence-electron chi connectivity index (χ0n) is 13.5. The summed E-state index contributed by atoms with van der Waals surface area (Å²) in [7, 11) is 0. The van der Waals surface area contributed by atoms with E-state index in [1.165, 1.54) is 0 Å². The van der Waals surface area contributed by atoms with Gasteiger partial charge in [0.2, 0.25) is 11.8 Å². The first kappa shape index (κ1) is 16.6. The molecule has 1 unspecified atom stereocenters. The fourth-order valence-electron chi connectivity index (χ4n) is 3.67. The average Bonchev–Trinajstić information content (AvgIpc) is 2.89. The minimum absolute atomic E-state index is 0.0225. The van der Waals surface area contributed by atoms with Crippen molar-refractivity contribution in [3.05, 3.63) is 52.6 Å². The number of halogens is 3. The lowest BCUT2D eigenvalue weighted by molar-refractivity contribution is -0.137. The number of aromatic hydroxyl groups is 2. The van der Waals surface area contributed by atoms with Gasteiger partial charge in [0.25, 0.3) is 5.91 Å². The monoisotopic (exact) mass is 364 g/mol. The molecule has 1 atom stereocenters. The zero-order chi connectivity index (χ0) is 18.6. The maximum absolute atomic E-state index is 12.6. The summed E-state index contributed by atoms with van der Waals surface area (Å²) in [6, 6.07) is 3.70. The van der Waals surface area contributed by atoms with Gasteiger partial charge in [-0.25, -0.2) is 0 Å². The molecule has 8 heteroatoms. The highest BCUT2D eigenvalue weighted by Crippen LogP contribution is 2.53. The lowest BCUT2D eigenvalue weighted by atomic mass is 9.75. The Kier molecular flexibility index (Phi) is 3.54. The third kappa shape index (κ3) is 2.44. The molecule has 0 fully saturated rings. The number of fused-ring (bicyclic) bond motifs is 2. The largest absolute Gasteiger partial charge is 0.493 e. The summed E-state index contributed by atoms with van der Waals surface area (Å²) >= 11 is 0. The summed E-state index contributed by atoms with van der Waals surface area (Å²) < 4.78 is 38.7. The minimum Gasteiger partial charge on any atom is -0.493 e. The molecular formula is C18H15F3N2O3. The number of allylic oxidation sites excluding steroid dienone is 2. The molecule has 5 nitrogen and oxygen atoms in total. The normalized spacial score (nSPS) is 18.4. The highest BCUT2D eigenvalue weighted by Gasteiger charge is 2.37. The zero-order valence-corrected chi connectivity index (χ0v) is 13.5. The molecule has 1 amide bonds. The van der Waals surface area contributed by atoms with Crippen LogP contribution in [0.25, 0.3) is 5.57 Å². The number of benzene rings is 1. The molecule has 3 N–H and O–H groups in total. The Bertz CT molecular complexity index is 927. The number of nitrogens with zero attached hydrogens (tertiary/aromatic N) is 1. The highest BCUT2D eigenvalue weighted by atomic mass is 19.4. The van der Waals surface area contributed by atoms with Crippen LogP contribution in [-0.2, 0) is 6.18 Å². The number of carbonyl (C=O) groups is 1. The maximum atomic E-state index is 12.6. The van der Waals surface area contributed by atoms with Gasteiger partial charge in [0.1, 0.15) is 0 Å². The second-order valence-electron chi connectivity index (χ2n) is 6.49. The van der Waals surface area contributed by atoms with Crippen molar-refractivity contribution >= 4 is 11.5 Å². The van der Waals surface area contributed by atoms with Crippen LogP contribution in [0.1, 0.15) is 52.2 Å². The first-order valence-electron chi connectivity index (χ1n) is 8.12. The van der Waals surface area contributed by atoms with E-state index in [1.54, 1.807) is 0 Å². The number of amides is 1. The van der Waals surface area contributed by atoms with E-state index in [4.69, 9.17) is 0 Å².